The van der Waals surface area contributed by atoms with Crippen LogP contribution in [0.4, 0.5) is 4.79 Å². The van der Waals surface area contributed by atoms with Crippen LogP contribution in [0, 0.1) is 11.3 Å². The monoisotopic (exact) mass is 480 g/mol. The van der Waals surface area contributed by atoms with Gasteiger partial charge < -0.3 is 55.5 Å². The SMILES string of the molecule is CC(C)CNC(=O)N[C@@H]1[C@H](O)[C@@H](O[C@@H]2C(C(C)(C)C)O[C@@H](CO)[C@@H](O)[C@@H]2O)O[C@H](CO)[C@H]1O. The first-order chi connectivity index (χ1) is 15.3. The molecule has 0 aromatic carbocycles. The summed E-state index contributed by atoms with van der Waals surface area (Å²) in [7, 11) is 0. The van der Waals surface area contributed by atoms with Crippen LogP contribution in [0.2, 0.25) is 0 Å². The molecule has 1 unspecified atom stereocenters. The molecule has 2 aliphatic rings. The van der Waals surface area contributed by atoms with Gasteiger partial charge in [-0.15, -0.1) is 0 Å². The van der Waals surface area contributed by atoms with Crippen molar-refractivity contribution in [1.82, 2.24) is 10.6 Å². The number of urea groups is 1. The summed E-state index contributed by atoms with van der Waals surface area (Å²) < 4.78 is 17.2. The van der Waals surface area contributed by atoms with Gasteiger partial charge in [0.2, 0.25) is 0 Å². The summed E-state index contributed by atoms with van der Waals surface area (Å²) in [5.41, 5.74) is -0.608. The van der Waals surface area contributed by atoms with Crippen LogP contribution in [0.1, 0.15) is 34.6 Å². The predicted molar refractivity (Wildman–Crippen MR) is 115 cm³/mol. The first-order valence-electron chi connectivity index (χ1n) is 11.3. The lowest BCUT2D eigenvalue weighted by Crippen LogP contribution is -2.68. The van der Waals surface area contributed by atoms with E-state index in [2.05, 4.69) is 10.6 Å². The Labute approximate surface area is 193 Å². The molecule has 8 N–H and O–H groups in total. The molecule has 0 spiro atoms. The van der Waals surface area contributed by atoms with E-state index in [0.717, 1.165) is 0 Å². The van der Waals surface area contributed by atoms with Gasteiger partial charge in [-0.25, -0.2) is 4.79 Å². The minimum absolute atomic E-state index is 0.179. The summed E-state index contributed by atoms with van der Waals surface area (Å²) >= 11 is 0. The second-order valence-corrected chi connectivity index (χ2v) is 10.2. The van der Waals surface area contributed by atoms with E-state index in [9.17, 15) is 35.4 Å². The Bertz CT molecular complexity index is 631. The highest BCUT2D eigenvalue weighted by Crippen LogP contribution is 2.36. The number of aliphatic hydroxyl groups excluding tert-OH is 6. The van der Waals surface area contributed by atoms with Crippen molar-refractivity contribution in [3.05, 3.63) is 0 Å². The maximum atomic E-state index is 12.2. The van der Waals surface area contributed by atoms with Crippen molar-refractivity contribution in [2.75, 3.05) is 19.8 Å². The fourth-order valence-corrected chi connectivity index (χ4v) is 3.96. The Kier molecular flexibility index (Phi) is 9.86. The minimum atomic E-state index is -1.58. The Morgan fingerprint density at radius 3 is 2.03 bits per heavy atom. The fraction of sp³-hybridized carbons (Fsp3) is 0.952. The van der Waals surface area contributed by atoms with Gasteiger partial charge in [0, 0.05) is 6.54 Å². The lowest BCUT2D eigenvalue weighted by molar-refractivity contribution is -0.337. The number of hydrogen-bond acceptors (Lipinski definition) is 10. The third-order valence-corrected chi connectivity index (χ3v) is 5.87. The number of amides is 2. The second kappa shape index (κ2) is 11.6. The zero-order valence-corrected chi connectivity index (χ0v) is 19.8. The Morgan fingerprint density at radius 2 is 1.52 bits per heavy atom. The van der Waals surface area contributed by atoms with Crippen LogP contribution < -0.4 is 10.6 Å². The molecule has 0 aromatic rings. The standard InChI is InChI=1S/C21H40N2O10/c1-9(2)6-22-20(30)23-12-13(26)10(7-24)32-19(15(12)28)33-17-16(29)14(27)11(8-25)31-18(17)21(3,4)5/h9-19,24-29H,6-8H2,1-5H3,(H2,22,23,30)/t10-,11+,12+,13-,14-,15+,16+,17+,18?,19-/m1/s1. The van der Waals surface area contributed by atoms with Gasteiger partial charge >= 0.3 is 6.03 Å². The third kappa shape index (κ3) is 6.74. The molecule has 33 heavy (non-hydrogen) atoms. The van der Waals surface area contributed by atoms with E-state index in [-0.39, 0.29) is 5.92 Å². The summed E-state index contributed by atoms with van der Waals surface area (Å²) in [6.45, 7) is 8.48. The van der Waals surface area contributed by atoms with Crippen molar-refractivity contribution in [3.8, 4) is 0 Å². The Morgan fingerprint density at radius 1 is 0.939 bits per heavy atom. The van der Waals surface area contributed by atoms with Crippen LogP contribution in [0.15, 0.2) is 0 Å². The van der Waals surface area contributed by atoms with Crippen LogP contribution in [0.25, 0.3) is 0 Å². The summed E-state index contributed by atoms with van der Waals surface area (Å²) in [5.74, 6) is 0.179. The summed E-state index contributed by atoms with van der Waals surface area (Å²) in [4.78, 5) is 12.2. The van der Waals surface area contributed by atoms with Gasteiger partial charge in [0.05, 0.1) is 25.4 Å². The molecular formula is C21H40N2O10. The number of rotatable bonds is 7. The van der Waals surface area contributed by atoms with Gasteiger partial charge in [-0.05, 0) is 11.3 Å². The molecule has 2 heterocycles. The fourth-order valence-electron chi connectivity index (χ4n) is 3.96. The lowest BCUT2D eigenvalue weighted by atomic mass is 9.80. The molecule has 194 valence electrons. The Balaban J connectivity index is 2.23. The molecule has 2 aliphatic heterocycles. The van der Waals surface area contributed by atoms with E-state index in [1.807, 2.05) is 34.6 Å². The van der Waals surface area contributed by atoms with Gasteiger partial charge in [-0.1, -0.05) is 34.6 Å². The molecule has 2 fully saturated rings. The van der Waals surface area contributed by atoms with Crippen LogP contribution in [0.3, 0.4) is 0 Å². The highest BCUT2D eigenvalue weighted by Gasteiger charge is 2.53. The number of carbonyl (C=O) groups excluding carboxylic acids is 1. The van der Waals surface area contributed by atoms with Crippen molar-refractivity contribution in [2.24, 2.45) is 11.3 Å². The van der Waals surface area contributed by atoms with E-state index in [4.69, 9.17) is 14.2 Å². The molecule has 2 rings (SSSR count). The summed E-state index contributed by atoms with van der Waals surface area (Å²) in [6.07, 6.45) is -11.7. The zero-order chi connectivity index (χ0) is 25.1. The number of ether oxygens (including phenoxy) is 3. The quantitative estimate of drug-likeness (QED) is 0.196. The largest absolute Gasteiger partial charge is 0.394 e. The number of hydrogen-bond donors (Lipinski definition) is 8. The molecule has 0 radical (unpaired) electrons. The van der Waals surface area contributed by atoms with E-state index < -0.39 is 85.8 Å². The van der Waals surface area contributed by atoms with E-state index >= 15 is 0 Å². The normalized spacial score (nSPS) is 40.0. The molecule has 10 atom stereocenters. The topological polar surface area (TPSA) is 190 Å². The number of nitrogens with one attached hydrogen (secondary N) is 2. The summed E-state index contributed by atoms with van der Waals surface area (Å²) in [6, 6.07) is -1.88. The first-order valence-corrected chi connectivity index (χ1v) is 11.3. The summed E-state index contributed by atoms with van der Waals surface area (Å²) in [5, 5.41) is 66.7. The van der Waals surface area contributed by atoms with Crippen molar-refractivity contribution < 1.29 is 49.6 Å². The second-order valence-electron chi connectivity index (χ2n) is 10.2. The molecule has 12 nitrogen and oxygen atoms in total. The van der Waals surface area contributed by atoms with Crippen molar-refractivity contribution >= 4 is 6.03 Å². The predicted octanol–water partition coefficient (Wildman–Crippen LogP) is -2.34. The minimum Gasteiger partial charge on any atom is -0.394 e. The molecule has 0 aliphatic carbocycles. The van der Waals surface area contributed by atoms with E-state index in [1.165, 1.54) is 0 Å². The number of carbonyl (C=O) groups is 1. The van der Waals surface area contributed by atoms with Gasteiger partial charge in [0.15, 0.2) is 6.29 Å². The Hall–Kier alpha value is -1.09. The third-order valence-electron chi connectivity index (χ3n) is 5.87. The number of aliphatic hydroxyl groups is 6. The highest BCUT2D eigenvalue weighted by molar-refractivity contribution is 5.74. The highest BCUT2D eigenvalue weighted by atomic mass is 16.7. The smallest absolute Gasteiger partial charge is 0.315 e. The first kappa shape index (κ1) is 28.1. The molecule has 0 bridgehead atoms. The van der Waals surface area contributed by atoms with Gasteiger partial charge in [0.25, 0.3) is 0 Å². The van der Waals surface area contributed by atoms with Crippen molar-refractivity contribution in [3.63, 3.8) is 0 Å². The average molecular weight is 481 g/mol. The van der Waals surface area contributed by atoms with Crippen LogP contribution in [-0.4, -0.2) is 118 Å². The maximum absolute atomic E-state index is 12.2. The molecular weight excluding hydrogens is 440 g/mol. The van der Waals surface area contributed by atoms with E-state index in [0.29, 0.717) is 6.54 Å². The average Bonchev–Trinajstić information content (AvgIpc) is 2.73. The zero-order valence-electron chi connectivity index (χ0n) is 19.8. The van der Waals surface area contributed by atoms with Crippen LogP contribution in [-0.2, 0) is 14.2 Å². The molecule has 12 heteroatoms. The van der Waals surface area contributed by atoms with Gasteiger partial charge in [-0.3, -0.25) is 0 Å². The molecule has 0 aromatic heterocycles. The molecule has 2 saturated heterocycles. The maximum Gasteiger partial charge on any atom is 0.315 e. The van der Waals surface area contributed by atoms with Crippen LogP contribution in [0.5, 0.6) is 0 Å². The van der Waals surface area contributed by atoms with Crippen molar-refractivity contribution in [1.29, 1.82) is 0 Å². The van der Waals surface area contributed by atoms with Gasteiger partial charge in [-0.2, -0.15) is 0 Å². The molecule has 0 saturated carbocycles. The van der Waals surface area contributed by atoms with Crippen LogP contribution >= 0.6 is 0 Å². The van der Waals surface area contributed by atoms with Gasteiger partial charge in [0.1, 0.15) is 42.7 Å². The lowest BCUT2D eigenvalue weighted by Gasteiger charge is -2.50. The van der Waals surface area contributed by atoms with E-state index in [1.54, 1.807) is 0 Å². The molecule has 2 amide bonds. The van der Waals surface area contributed by atoms with Crippen molar-refractivity contribution in [2.45, 2.75) is 95.8 Å².